The third-order valence-corrected chi connectivity index (χ3v) is 6.09. The van der Waals surface area contributed by atoms with E-state index < -0.39 is 10.0 Å². The van der Waals surface area contributed by atoms with Crippen LogP contribution in [-0.2, 0) is 16.6 Å². The highest BCUT2D eigenvalue weighted by molar-refractivity contribution is 7.92. The molecule has 2 heterocycles. The van der Waals surface area contributed by atoms with Crippen LogP contribution in [0.15, 0.2) is 84.3 Å². The Balaban J connectivity index is 1.36. The smallest absolute Gasteiger partial charge is 0.264 e. The number of nitrogens with zero attached hydrogens (tertiary/aromatic N) is 4. The quantitative estimate of drug-likeness (QED) is 0.327. The Morgan fingerprint density at radius 3 is 2.42 bits per heavy atom. The fourth-order valence-corrected chi connectivity index (χ4v) is 4.25. The molecule has 0 aliphatic rings. The molecule has 2 aromatic carbocycles. The molecule has 0 atom stereocenters. The molecule has 33 heavy (non-hydrogen) atoms. The molecule has 12 heteroatoms. The Kier molecular flexibility index (Phi) is 6.82. The minimum atomic E-state index is -3.80. The van der Waals surface area contributed by atoms with Gasteiger partial charge in [0.05, 0.1) is 22.7 Å². The zero-order valence-electron chi connectivity index (χ0n) is 17.0. The number of aromatic nitrogens is 4. The summed E-state index contributed by atoms with van der Waals surface area (Å²) in [4.78, 5) is 7.81. The summed E-state index contributed by atoms with van der Waals surface area (Å²) in [6.45, 7) is 0.570. The molecule has 0 unspecified atom stereocenters. The Morgan fingerprint density at radius 2 is 1.73 bits per heavy atom. The molecule has 0 saturated carbocycles. The lowest BCUT2D eigenvalue weighted by Crippen LogP contribution is -2.19. The molecule has 0 fully saturated rings. The van der Waals surface area contributed by atoms with E-state index in [1.165, 1.54) is 24.5 Å². The molecule has 0 aliphatic carbocycles. The lowest BCUT2D eigenvalue weighted by atomic mass is 10.2. The third kappa shape index (κ3) is 6.25. The van der Waals surface area contributed by atoms with E-state index in [1.807, 2.05) is 24.3 Å². The number of hydrogen-bond acceptors (Lipinski definition) is 6. The molecule has 0 saturated heterocycles. The molecular weight excluding hydrogens is 482 g/mol. The van der Waals surface area contributed by atoms with Crippen molar-refractivity contribution in [3.63, 3.8) is 0 Å². The van der Waals surface area contributed by atoms with Gasteiger partial charge in [-0.1, -0.05) is 23.7 Å². The first-order chi connectivity index (χ1) is 15.9. The Hall–Kier alpha value is -3.54. The van der Waals surface area contributed by atoms with Gasteiger partial charge in [0.2, 0.25) is 5.95 Å². The predicted octanol–water partition coefficient (Wildman–Crippen LogP) is 3.98. The maximum absolute atomic E-state index is 12.5. The SMILES string of the molecule is O=S(=O)(Nc1ncccn1)c1ccc(NC(=S)Nc2cccc(Cn3cc(Cl)cn3)c2)cc1. The Morgan fingerprint density at radius 1 is 1.00 bits per heavy atom. The number of hydrogen-bond donors (Lipinski definition) is 3. The van der Waals surface area contributed by atoms with E-state index in [2.05, 4.69) is 30.4 Å². The number of anilines is 3. The fraction of sp³-hybridized carbons (Fsp3) is 0.0476. The molecule has 0 aliphatic heterocycles. The van der Waals surface area contributed by atoms with Crippen LogP contribution in [0.4, 0.5) is 17.3 Å². The lowest BCUT2D eigenvalue weighted by molar-refractivity contribution is 0.601. The topological polar surface area (TPSA) is 114 Å². The van der Waals surface area contributed by atoms with Gasteiger partial charge in [0.15, 0.2) is 5.11 Å². The summed E-state index contributed by atoms with van der Waals surface area (Å²) in [5.41, 5.74) is 2.45. The van der Waals surface area contributed by atoms with E-state index in [-0.39, 0.29) is 10.8 Å². The van der Waals surface area contributed by atoms with Gasteiger partial charge in [0.25, 0.3) is 10.0 Å². The van der Waals surface area contributed by atoms with E-state index in [4.69, 9.17) is 23.8 Å². The highest BCUT2D eigenvalue weighted by Crippen LogP contribution is 2.18. The van der Waals surface area contributed by atoms with Gasteiger partial charge < -0.3 is 10.6 Å². The molecule has 4 rings (SSSR count). The molecule has 0 spiro atoms. The summed E-state index contributed by atoms with van der Waals surface area (Å²) in [7, 11) is -3.80. The monoisotopic (exact) mass is 499 g/mol. The highest BCUT2D eigenvalue weighted by Gasteiger charge is 2.15. The standard InChI is InChI=1S/C21H18ClN7O2S2/c22-16-12-25-29(14-16)13-15-3-1-4-18(11-15)27-21(32)26-17-5-7-19(8-6-17)33(30,31)28-20-23-9-2-10-24-20/h1-12,14H,13H2,(H,23,24,28)(H2,26,27,32). The van der Waals surface area contributed by atoms with Crippen LogP contribution in [-0.4, -0.2) is 33.3 Å². The fourth-order valence-electron chi connectivity index (χ4n) is 2.90. The number of nitrogens with one attached hydrogen (secondary N) is 3. The van der Waals surface area contributed by atoms with Crippen molar-refractivity contribution < 1.29 is 8.42 Å². The van der Waals surface area contributed by atoms with Gasteiger partial charge in [-0.2, -0.15) is 5.10 Å². The number of sulfonamides is 1. The van der Waals surface area contributed by atoms with Crippen molar-refractivity contribution >= 4 is 56.3 Å². The first kappa shape index (κ1) is 22.6. The van der Waals surface area contributed by atoms with Gasteiger partial charge in [0.1, 0.15) is 0 Å². The van der Waals surface area contributed by atoms with E-state index in [1.54, 1.807) is 35.3 Å². The largest absolute Gasteiger partial charge is 0.332 e. The average Bonchev–Trinajstić information content (AvgIpc) is 3.19. The van der Waals surface area contributed by atoms with Crippen molar-refractivity contribution in [3.05, 3.63) is 90.0 Å². The molecule has 0 radical (unpaired) electrons. The summed E-state index contributed by atoms with van der Waals surface area (Å²) < 4.78 is 29.0. The zero-order chi connectivity index (χ0) is 23.3. The van der Waals surface area contributed by atoms with Gasteiger partial charge in [-0.05, 0) is 60.2 Å². The molecular formula is C21H18ClN7O2S2. The van der Waals surface area contributed by atoms with Crippen molar-refractivity contribution in [1.82, 2.24) is 19.7 Å². The molecule has 0 bridgehead atoms. The van der Waals surface area contributed by atoms with E-state index in [0.29, 0.717) is 22.4 Å². The van der Waals surface area contributed by atoms with Crippen LogP contribution in [0.25, 0.3) is 0 Å². The predicted molar refractivity (Wildman–Crippen MR) is 132 cm³/mol. The van der Waals surface area contributed by atoms with Gasteiger partial charge in [-0.3, -0.25) is 4.68 Å². The summed E-state index contributed by atoms with van der Waals surface area (Å²) in [5, 5.41) is 11.3. The van der Waals surface area contributed by atoms with Crippen molar-refractivity contribution in [2.45, 2.75) is 11.4 Å². The lowest BCUT2D eigenvalue weighted by Gasteiger charge is -2.12. The van der Waals surface area contributed by atoms with Crippen LogP contribution in [0.1, 0.15) is 5.56 Å². The number of halogens is 1. The van der Waals surface area contributed by atoms with Crippen LogP contribution >= 0.6 is 23.8 Å². The van der Waals surface area contributed by atoms with Gasteiger partial charge >= 0.3 is 0 Å². The van der Waals surface area contributed by atoms with Gasteiger partial charge in [-0.25, -0.2) is 23.1 Å². The second-order valence-corrected chi connectivity index (χ2v) is 9.36. The third-order valence-electron chi connectivity index (χ3n) is 4.35. The molecule has 4 aromatic rings. The second kappa shape index (κ2) is 9.94. The van der Waals surface area contributed by atoms with E-state index in [0.717, 1.165) is 11.3 Å². The molecule has 3 N–H and O–H groups in total. The van der Waals surface area contributed by atoms with Crippen LogP contribution in [0.2, 0.25) is 5.02 Å². The van der Waals surface area contributed by atoms with Crippen LogP contribution in [0, 0.1) is 0 Å². The number of rotatable bonds is 7. The first-order valence-corrected chi connectivity index (χ1v) is 11.9. The normalized spacial score (nSPS) is 11.1. The van der Waals surface area contributed by atoms with E-state index in [9.17, 15) is 8.42 Å². The zero-order valence-corrected chi connectivity index (χ0v) is 19.4. The van der Waals surface area contributed by atoms with Crippen molar-refractivity contribution in [2.24, 2.45) is 0 Å². The van der Waals surface area contributed by atoms with Crippen LogP contribution in [0.3, 0.4) is 0 Å². The summed E-state index contributed by atoms with van der Waals surface area (Å²) in [6, 6.07) is 15.5. The van der Waals surface area contributed by atoms with Crippen molar-refractivity contribution in [3.8, 4) is 0 Å². The van der Waals surface area contributed by atoms with Crippen LogP contribution < -0.4 is 15.4 Å². The van der Waals surface area contributed by atoms with Gasteiger partial charge in [0, 0.05) is 30.0 Å². The Labute approximate surface area is 200 Å². The first-order valence-electron chi connectivity index (χ1n) is 9.62. The minimum Gasteiger partial charge on any atom is -0.332 e. The minimum absolute atomic E-state index is 0.00274. The number of benzene rings is 2. The van der Waals surface area contributed by atoms with Crippen molar-refractivity contribution in [1.29, 1.82) is 0 Å². The van der Waals surface area contributed by atoms with Crippen molar-refractivity contribution in [2.75, 3.05) is 15.4 Å². The average molecular weight is 500 g/mol. The van der Waals surface area contributed by atoms with Gasteiger partial charge in [-0.15, -0.1) is 0 Å². The summed E-state index contributed by atoms with van der Waals surface area (Å²) in [6.07, 6.45) is 6.24. The maximum Gasteiger partial charge on any atom is 0.264 e. The molecule has 168 valence electrons. The summed E-state index contributed by atoms with van der Waals surface area (Å²) >= 11 is 11.3. The Bertz CT molecular complexity index is 1360. The number of thiocarbonyl (C=S) groups is 1. The molecule has 9 nitrogen and oxygen atoms in total. The molecule has 2 aromatic heterocycles. The summed E-state index contributed by atoms with van der Waals surface area (Å²) in [5.74, 6) is 0.00274. The second-order valence-electron chi connectivity index (χ2n) is 6.84. The van der Waals surface area contributed by atoms with Crippen LogP contribution in [0.5, 0.6) is 0 Å². The molecule has 0 amide bonds. The highest BCUT2D eigenvalue weighted by atomic mass is 35.5. The maximum atomic E-state index is 12.5. The van der Waals surface area contributed by atoms with E-state index >= 15 is 0 Å².